The molecular formula is C17H24Cl2N2O3S. The Morgan fingerprint density at radius 2 is 1.84 bits per heavy atom. The summed E-state index contributed by atoms with van der Waals surface area (Å²) in [6, 6.07) is 4.80. The number of piperidine rings is 1. The van der Waals surface area contributed by atoms with E-state index in [9.17, 15) is 13.2 Å². The zero-order chi connectivity index (χ0) is 18.8. The molecule has 1 heterocycles. The van der Waals surface area contributed by atoms with E-state index in [0.717, 1.165) is 0 Å². The van der Waals surface area contributed by atoms with E-state index < -0.39 is 10.0 Å². The molecule has 0 saturated carbocycles. The number of nitrogens with zero attached hydrogens (tertiary/aromatic N) is 1. The molecule has 140 valence electrons. The molecule has 1 aromatic rings. The van der Waals surface area contributed by atoms with E-state index >= 15 is 0 Å². The number of amides is 1. The topological polar surface area (TPSA) is 66.5 Å². The number of sulfonamides is 1. The molecule has 0 radical (unpaired) electrons. The number of carbonyl (C=O) groups excluding carboxylic acids is 1. The average molecular weight is 407 g/mol. The van der Waals surface area contributed by atoms with E-state index in [0.29, 0.717) is 41.5 Å². The second-order valence-corrected chi connectivity index (χ2v) is 10.2. The lowest BCUT2D eigenvalue weighted by Crippen LogP contribution is -2.48. The largest absolute Gasteiger partial charge is 0.351 e. The van der Waals surface area contributed by atoms with Crippen LogP contribution in [-0.4, -0.2) is 37.3 Å². The molecule has 2 rings (SSSR count). The number of rotatable bonds is 4. The average Bonchev–Trinajstić information content (AvgIpc) is 2.48. The second kappa shape index (κ2) is 7.82. The highest BCUT2D eigenvalue weighted by Gasteiger charge is 2.32. The Balaban J connectivity index is 1.98. The van der Waals surface area contributed by atoms with Gasteiger partial charge < -0.3 is 5.32 Å². The van der Waals surface area contributed by atoms with Gasteiger partial charge in [0.1, 0.15) is 0 Å². The summed E-state index contributed by atoms with van der Waals surface area (Å²) in [5, 5.41) is 3.77. The van der Waals surface area contributed by atoms with Crippen LogP contribution in [0.1, 0.15) is 39.2 Å². The first-order valence-corrected chi connectivity index (χ1v) is 10.6. The number of hydrogen-bond donors (Lipinski definition) is 1. The van der Waals surface area contributed by atoms with Gasteiger partial charge in [0, 0.05) is 34.6 Å². The molecule has 0 atom stereocenters. The van der Waals surface area contributed by atoms with Crippen molar-refractivity contribution in [3.05, 3.63) is 33.8 Å². The number of nitrogens with one attached hydrogen (secondary N) is 1. The van der Waals surface area contributed by atoms with E-state index in [4.69, 9.17) is 23.2 Å². The molecule has 1 aromatic carbocycles. The number of carbonyl (C=O) groups is 1. The van der Waals surface area contributed by atoms with Crippen LogP contribution in [-0.2, 0) is 20.6 Å². The molecule has 0 spiro atoms. The smallest absolute Gasteiger partial charge is 0.223 e. The van der Waals surface area contributed by atoms with E-state index in [1.807, 2.05) is 20.8 Å². The van der Waals surface area contributed by atoms with Crippen LogP contribution >= 0.6 is 23.2 Å². The molecule has 1 aliphatic rings. The third-order valence-corrected chi connectivity index (χ3v) is 6.48. The zero-order valence-corrected chi connectivity index (χ0v) is 17.0. The fourth-order valence-electron chi connectivity index (χ4n) is 2.79. The van der Waals surface area contributed by atoms with Crippen molar-refractivity contribution in [2.75, 3.05) is 13.1 Å². The number of benzene rings is 1. The van der Waals surface area contributed by atoms with Gasteiger partial charge >= 0.3 is 0 Å². The highest BCUT2D eigenvalue weighted by Crippen LogP contribution is 2.26. The Kier molecular flexibility index (Phi) is 6.41. The first-order chi connectivity index (χ1) is 11.5. The normalized spacial score (nSPS) is 17.5. The van der Waals surface area contributed by atoms with Crippen molar-refractivity contribution in [2.45, 2.75) is 44.9 Å². The van der Waals surface area contributed by atoms with Crippen LogP contribution in [0.3, 0.4) is 0 Å². The summed E-state index contributed by atoms with van der Waals surface area (Å²) in [7, 11) is -3.48. The van der Waals surface area contributed by atoms with Gasteiger partial charge in [0.25, 0.3) is 0 Å². The predicted molar refractivity (Wildman–Crippen MR) is 101 cm³/mol. The van der Waals surface area contributed by atoms with Crippen LogP contribution in [0.15, 0.2) is 18.2 Å². The van der Waals surface area contributed by atoms with Crippen LogP contribution < -0.4 is 5.32 Å². The van der Waals surface area contributed by atoms with Crippen LogP contribution in [0.25, 0.3) is 0 Å². The monoisotopic (exact) mass is 406 g/mol. The van der Waals surface area contributed by atoms with E-state index in [-0.39, 0.29) is 23.1 Å². The Morgan fingerprint density at radius 1 is 1.24 bits per heavy atom. The molecule has 5 nitrogen and oxygen atoms in total. The molecule has 0 aromatic heterocycles. The van der Waals surface area contributed by atoms with E-state index in [1.165, 1.54) is 10.4 Å². The van der Waals surface area contributed by atoms with Crippen molar-refractivity contribution in [3.8, 4) is 0 Å². The Bertz CT molecular complexity index is 737. The minimum atomic E-state index is -3.48. The summed E-state index contributed by atoms with van der Waals surface area (Å²) in [5.74, 6) is -0.322. The first-order valence-electron chi connectivity index (χ1n) is 8.22. The SMILES string of the molecule is CC(C)(C)NC(=O)C1CCN(S(=O)(=O)Cc2ccc(Cl)cc2Cl)CC1. The summed E-state index contributed by atoms with van der Waals surface area (Å²) < 4.78 is 26.7. The van der Waals surface area contributed by atoms with Crippen molar-refractivity contribution < 1.29 is 13.2 Å². The highest BCUT2D eigenvalue weighted by molar-refractivity contribution is 7.88. The van der Waals surface area contributed by atoms with Gasteiger partial charge in [0.15, 0.2) is 0 Å². The number of halogens is 2. The van der Waals surface area contributed by atoms with Gasteiger partial charge in [-0.3, -0.25) is 4.79 Å². The highest BCUT2D eigenvalue weighted by atomic mass is 35.5. The summed E-state index contributed by atoms with van der Waals surface area (Å²) in [6.07, 6.45) is 1.05. The minimum Gasteiger partial charge on any atom is -0.351 e. The fraction of sp³-hybridized carbons (Fsp3) is 0.588. The Hall–Kier alpha value is -0.820. The number of hydrogen-bond acceptors (Lipinski definition) is 3. The van der Waals surface area contributed by atoms with Crippen molar-refractivity contribution in [1.82, 2.24) is 9.62 Å². The summed E-state index contributed by atoms with van der Waals surface area (Å²) in [6.45, 7) is 6.48. The summed E-state index contributed by atoms with van der Waals surface area (Å²) in [5.41, 5.74) is 0.240. The van der Waals surface area contributed by atoms with Gasteiger partial charge in [-0.2, -0.15) is 0 Å². The maximum Gasteiger partial charge on any atom is 0.223 e. The summed E-state index contributed by atoms with van der Waals surface area (Å²) in [4.78, 5) is 12.2. The lowest BCUT2D eigenvalue weighted by atomic mass is 9.96. The lowest BCUT2D eigenvalue weighted by Gasteiger charge is -2.32. The van der Waals surface area contributed by atoms with Gasteiger partial charge in [-0.1, -0.05) is 29.3 Å². The minimum absolute atomic E-state index is 0.00899. The van der Waals surface area contributed by atoms with E-state index in [1.54, 1.807) is 12.1 Å². The maximum atomic E-state index is 12.6. The fourth-order valence-corrected chi connectivity index (χ4v) is 4.94. The molecule has 1 aliphatic heterocycles. The predicted octanol–water partition coefficient (Wildman–Crippen LogP) is 3.45. The second-order valence-electron chi connectivity index (χ2n) is 7.40. The molecule has 1 N–H and O–H groups in total. The van der Waals surface area contributed by atoms with Crippen molar-refractivity contribution in [2.24, 2.45) is 5.92 Å². The molecule has 1 fully saturated rings. The zero-order valence-electron chi connectivity index (χ0n) is 14.7. The van der Waals surface area contributed by atoms with Crippen molar-refractivity contribution in [3.63, 3.8) is 0 Å². The quantitative estimate of drug-likeness (QED) is 0.832. The molecule has 1 saturated heterocycles. The van der Waals surface area contributed by atoms with Crippen molar-refractivity contribution in [1.29, 1.82) is 0 Å². The van der Waals surface area contributed by atoms with Crippen LogP contribution in [0.5, 0.6) is 0 Å². The van der Waals surface area contributed by atoms with Gasteiger partial charge in [0.05, 0.1) is 5.75 Å². The molecular weight excluding hydrogens is 383 g/mol. The standard InChI is InChI=1S/C17H24Cl2N2O3S/c1-17(2,3)20-16(22)12-6-8-21(9-7-12)25(23,24)11-13-4-5-14(18)10-15(13)19/h4-5,10,12H,6-9,11H2,1-3H3,(H,20,22). The maximum absolute atomic E-state index is 12.6. The Morgan fingerprint density at radius 3 is 2.36 bits per heavy atom. The van der Waals surface area contributed by atoms with E-state index in [2.05, 4.69) is 5.32 Å². The van der Waals surface area contributed by atoms with Gasteiger partial charge in [-0.25, -0.2) is 12.7 Å². The third kappa shape index (κ3) is 5.84. The molecule has 0 unspecified atom stereocenters. The Labute approximate surface area is 159 Å². The molecule has 1 amide bonds. The van der Waals surface area contributed by atoms with Gasteiger partial charge in [-0.15, -0.1) is 0 Å². The van der Waals surface area contributed by atoms with Crippen molar-refractivity contribution >= 4 is 39.1 Å². The van der Waals surface area contributed by atoms with Crippen LogP contribution in [0.4, 0.5) is 0 Å². The first kappa shape index (κ1) is 20.5. The third-order valence-electron chi connectivity index (χ3n) is 4.07. The molecule has 25 heavy (non-hydrogen) atoms. The van der Waals surface area contributed by atoms with Crippen LogP contribution in [0.2, 0.25) is 10.0 Å². The molecule has 0 aliphatic carbocycles. The molecule has 8 heteroatoms. The molecule has 0 bridgehead atoms. The lowest BCUT2D eigenvalue weighted by molar-refractivity contribution is -0.127. The van der Waals surface area contributed by atoms with Gasteiger partial charge in [-0.05, 0) is 51.3 Å². The summed E-state index contributed by atoms with van der Waals surface area (Å²) >= 11 is 11.9. The van der Waals surface area contributed by atoms with Gasteiger partial charge in [0.2, 0.25) is 15.9 Å². The van der Waals surface area contributed by atoms with Crippen LogP contribution in [0, 0.1) is 5.92 Å².